The Balaban J connectivity index is 0. The summed E-state index contributed by atoms with van der Waals surface area (Å²) in [6.45, 7) is 5.47. The Morgan fingerprint density at radius 3 is 2.24 bits per heavy atom. The molecule has 0 spiro atoms. The molecule has 1 atom stereocenters. The molecule has 1 N–H and O–H groups in total. The third-order valence-corrected chi connectivity index (χ3v) is 2.55. The van der Waals surface area contributed by atoms with E-state index in [9.17, 15) is 0 Å². The summed E-state index contributed by atoms with van der Waals surface area (Å²) < 4.78 is 0. The number of nitrogens with zero attached hydrogens (tertiary/aromatic N) is 1. The molecule has 0 radical (unpaired) electrons. The van der Waals surface area contributed by atoms with Crippen molar-refractivity contribution in [3.63, 3.8) is 0 Å². The van der Waals surface area contributed by atoms with E-state index < -0.39 is 0 Å². The first-order valence-electron chi connectivity index (χ1n) is 5.60. The fourth-order valence-corrected chi connectivity index (χ4v) is 1.52. The van der Waals surface area contributed by atoms with E-state index >= 15 is 0 Å². The molecule has 1 rings (SSSR count). The highest BCUT2D eigenvalue weighted by molar-refractivity contribution is 5.85. The first kappa shape index (κ1) is 19.1. The average Bonchev–Trinajstić information content (AvgIpc) is 2.25. The number of hydrogen-bond acceptors (Lipinski definition) is 2. The maximum Gasteiger partial charge on any atom is 0.0101 e. The molecule has 1 aromatic carbocycles. The molecule has 0 fully saturated rings. The van der Waals surface area contributed by atoms with Crippen LogP contribution in [0.2, 0.25) is 0 Å². The molecule has 0 bridgehead atoms. The number of likely N-dealkylation sites (N-methyl/N-ethyl adjacent to an activating group) is 1. The van der Waals surface area contributed by atoms with Gasteiger partial charge in [0.15, 0.2) is 0 Å². The van der Waals surface area contributed by atoms with Crippen LogP contribution in [0, 0.1) is 0 Å². The summed E-state index contributed by atoms with van der Waals surface area (Å²) in [4.78, 5) is 2.19. The zero-order valence-corrected chi connectivity index (χ0v) is 12.5. The highest BCUT2D eigenvalue weighted by Crippen LogP contribution is 2.12. The summed E-state index contributed by atoms with van der Waals surface area (Å²) in [5.74, 6) is 0.591. The van der Waals surface area contributed by atoms with Crippen LogP contribution in [0.5, 0.6) is 0 Å². The fourth-order valence-electron chi connectivity index (χ4n) is 1.52. The van der Waals surface area contributed by atoms with Crippen LogP contribution in [0.15, 0.2) is 30.3 Å². The first-order chi connectivity index (χ1) is 7.20. The van der Waals surface area contributed by atoms with Crippen molar-refractivity contribution in [2.75, 3.05) is 33.7 Å². The zero-order valence-electron chi connectivity index (χ0n) is 10.8. The lowest BCUT2D eigenvalue weighted by Gasteiger charge is -2.14. The normalized spacial score (nSPS) is 11.5. The lowest BCUT2D eigenvalue weighted by molar-refractivity contribution is 0.398. The quantitative estimate of drug-likeness (QED) is 0.806. The predicted molar refractivity (Wildman–Crippen MR) is 80.8 cm³/mol. The summed E-state index contributed by atoms with van der Waals surface area (Å²) >= 11 is 0. The molecular formula is C13H24Cl2N2. The summed E-state index contributed by atoms with van der Waals surface area (Å²) in [7, 11) is 4.20. The van der Waals surface area contributed by atoms with E-state index in [1.165, 1.54) is 5.56 Å². The second kappa shape index (κ2) is 10.8. The van der Waals surface area contributed by atoms with Crippen molar-refractivity contribution in [1.29, 1.82) is 0 Å². The van der Waals surface area contributed by atoms with Crippen molar-refractivity contribution in [1.82, 2.24) is 10.2 Å². The molecule has 0 heterocycles. The minimum absolute atomic E-state index is 0. The van der Waals surface area contributed by atoms with E-state index in [0.29, 0.717) is 5.92 Å². The highest BCUT2D eigenvalue weighted by Gasteiger charge is 2.03. The lowest BCUT2D eigenvalue weighted by atomic mass is 10.0. The molecule has 2 nitrogen and oxygen atoms in total. The van der Waals surface area contributed by atoms with Gasteiger partial charge in [0, 0.05) is 19.6 Å². The monoisotopic (exact) mass is 278 g/mol. The Kier molecular flexibility index (Phi) is 12.2. The van der Waals surface area contributed by atoms with Crippen LogP contribution in [-0.4, -0.2) is 38.6 Å². The third-order valence-electron chi connectivity index (χ3n) is 2.55. The van der Waals surface area contributed by atoms with E-state index in [-0.39, 0.29) is 24.8 Å². The third kappa shape index (κ3) is 8.44. The summed E-state index contributed by atoms with van der Waals surface area (Å²) in [5, 5.41) is 3.47. The van der Waals surface area contributed by atoms with Crippen molar-refractivity contribution < 1.29 is 0 Å². The first-order valence-corrected chi connectivity index (χ1v) is 5.60. The molecule has 0 amide bonds. The van der Waals surface area contributed by atoms with Gasteiger partial charge in [-0.3, -0.25) is 0 Å². The van der Waals surface area contributed by atoms with E-state index in [0.717, 1.165) is 19.6 Å². The summed E-state index contributed by atoms with van der Waals surface area (Å²) in [6.07, 6.45) is 0. The average molecular weight is 279 g/mol. The predicted octanol–water partition coefficient (Wildman–Crippen LogP) is 2.78. The van der Waals surface area contributed by atoms with E-state index in [1.807, 2.05) is 0 Å². The van der Waals surface area contributed by atoms with Gasteiger partial charge in [-0.05, 0) is 25.6 Å². The maximum absolute atomic E-state index is 3.47. The molecule has 1 aromatic rings. The Bertz CT molecular complexity index is 265. The van der Waals surface area contributed by atoms with Gasteiger partial charge in [-0.15, -0.1) is 24.8 Å². The van der Waals surface area contributed by atoms with Crippen molar-refractivity contribution in [3.05, 3.63) is 35.9 Å². The number of halogens is 2. The molecule has 0 saturated heterocycles. The van der Waals surface area contributed by atoms with Crippen LogP contribution in [0.4, 0.5) is 0 Å². The second-order valence-corrected chi connectivity index (χ2v) is 4.32. The van der Waals surface area contributed by atoms with Gasteiger partial charge in [-0.1, -0.05) is 37.3 Å². The van der Waals surface area contributed by atoms with Crippen LogP contribution in [0.3, 0.4) is 0 Å². The van der Waals surface area contributed by atoms with Crippen LogP contribution >= 0.6 is 24.8 Å². The topological polar surface area (TPSA) is 15.3 Å². The van der Waals surface area contributed by atoms with Gasteiger partial charge in [0.2, 0.25) is 0 Å². The van der Waals surface area contributed by atoms with Crippen molar-refractivity contribution in [2.24, 2.45) is 0 Å². The lowest BCUT2D eigenvalue weighted by Crippen LogP contribution is -2.29. The standard InChI is InChI=1S/C13H22N2.2ClH/c1-12(11-14-9-10-15(2)3)13-7-5-4-6-8-13;;/h4-8,12,14H,9-11H2,1-3H3;2*1H. The molecule has 0 aliphatic heterocycles. The van der Waals surface area contributed by atoms with Crippen molar-refractivity contribution >= 4 is 24.8 Å². The summed E-state index contributed by atoms with van der Waals surface area (Å²) in [6, 6.07) is 10.7. The van der Waals surface area contributed by atoms with Gasteiger partial charge >= 0.3 is 0 Å². The van der Waals surface area contributed by atoms with Gasteiger partial charge in [0.05, 0.1) is 0 Å². The van der Waals surface area contributed by atoms with E-state index in [2.05, 4.69) is 61.6 Å². The Hall–Kier alpha value is -0.280. The number of hydrogen-bond donors (Lipinski definition) is 1. The van der Waals surface area contributed by atoms with Gasteiger partial charge in [0.1, 0.15) is 0 Å². The van der Waals surface area contributed by atoms with Gasteiger partial charge in [-0.2, -0.15) is 0 Å². The van der Waals surface area contributed by atoms with Crippen LogP contribution < -0.4 is 5.32 Å². The Morgan fingerprint density at radius 2 is 1.71 bits per heavy atom. The minimum atomic E-state index is 0. The van der Waals surface area contributed by atoms with Gasteiger partial charge < -0.3 is 10.2 Å². The Labute approximate surface area is 118 Å². The molecule has 4 heteroatoms. The minimum Gasteiger partial charge on any atom is -0.315 e. The molecular weight excluding hydrogens is 255 g/mol. The van der Waals surface area contributed by atoms with Gasteiger partial charge in [-0.25, -0.2) is 0 Å². The van der Waals surface area contributed by atoms with Crippen LogP contribution in [-0.2, 0) is 0 Å². The highest BCUT2D eigenvalue weighted by atomic mass is 35.5. The number of benzene rings is 1. The summed E-state index contributed by atoms with van der Waals surface area (Å²) in [5.41, 5.74) is 1.41. The molecule has 17 heavy (non-hydrogen) atoms. The largest absolute Gasteiger partial charge is 0.315 e. The van der Waals surface area contributed by atoms with E-state index in [4.69, 9.17) is 0 Å². The maximum atomic E-state index is 3.47. The second-order valence-electron chi connectivity index (χ2n) is 4.32. The number of rotatable bonds is 6. The molecule has 0 aliphatic carbocycles. The van der Waals surface area contributed by atoms with Crippen LogP contribution in [0.1, 0.15) is 18.4 Å². The molecule has 1 unspecified atom stereocenters. The van der Waals surface area contributed by atoms with Crippen molar-refractivity contribution in [2.45, 2.75) is 12.8 Å². The molecule has 100 valence electrons. The SMILES string of the molecule is CC(CNCCN(C)C)c1ccccc1.Cl.Cl. The smallest absolute Gasteiger partial charge is 0.0101 e. The van der Waals surface area contributed by atoms with E-state index in [1.54, 1.807) is 0 Å². The van der Waals surface area contributed by atoms with Gasteiger partial charge in [0.25, 0.3) is 0 Å². The number of nitrogens with one attached hydrogen (secondary N) is 1. The van der Waals surface area contributed by atoms with Crippen LogP contribution in [0.25, 0.3) is 0 Å². The molecule has 0 aliphatic rings. The van der Waals surface area contributed by atoms with Crippen molar-refractivity contribution in [3.8, 4) is 0 Å². The Morgan fingerprint density at radius 1 is 1.12 bits per heavy atom. The zero-order chi connectivity index (χ0) is 11.1. The fraction of sp³-hybridized carbons (Fsp3) is 0.538. The molecule has 0 saturated carbocycles. The molecule has 0 aromatic heterocycles.